The number of fused-ring (bicyclic) bond motifs is 1. The van der Waals surface area contributed by atoms with Crippen LogP contribution < -0.4 is 0 Å². The van der Waals surface area contributed by atoms with Crippen molar-refractivity contribution in [3.8, 4) is 11.3 Å². The molecule has 7 heteroatoms. The SMILES string of the molecule is CC(C)(C)OC(=O)N1CCn2nc(-c3ccc(Cl)c(F)c3)cc2C1. The van der Waals surface area contributed by atoms with Crippen LogP contribution in [0.25, 0.3) is 11.3 Å². The standard InChI is InChI=1S/C17H19ClFN3O2/c1-17(2,3)24-16(23)21-6-7-22-12(10-21)9-15(20-22)11-4-5-13(18)14(19)8-11/h4-5,8-9H,6-7,10H2,1-3H3. The van der Waals surface area contributed by atoms with Crippen molar-refractivity contribution in [2.45, 2.75) is 39.5 Å². The third kappa shape index (κ3) is 3.53. The van der Waals surface area contributed by atoms with Crippen molar-refractivity contribution in [3.63, 3.8) is 0 Å². The van der Waals surface area contributed by atoms with Gasteiger partial charge in [0.1, 0.15) is 11.4 Å². The molecule has 1 aliphatic heterocycles. The van der Waals surface area contributed by atoms with Crippen molar-refractivity contribution in [2.75, 3.05) is 6.54 Å². The molecule has 2 heterocycles. The van der Waals surface area contributed by atoms with Gasteiger partial charge in [0.05, 0.1) is 29.5 Å². The van der Waals surface area contributed by atoms with E-state index in [0.29, 0.717) is 30.9 Å². The lowest BCUT2D eigenvalue weighted by Crippen LogP contribution is -2.41. The average Bonchev–Trinajstić information content (AvgIpc) is 2.91. The van der Waals surface area contributed by atoms with Crippen LogP contribution in [-0.4, -0.2) is 32.9 Å². The summed E-state index contributed by atoms with van der Waals surface area (Å²) in [7, 11) is 0. The lowest BCUT2D eigenvalue weighted by atomic mass is 10.1. The second-order valence-electron chi connectivity index (χ2n) is 6.77. The van der Waals surface area contributed by atoms with Crippen molar-refractivity contribution >= 4 is 17.7 Å². The fourth-order valence-corrected chi connectivity index (χ4v) is 2.66. The smallest absolute Gasteiger partial charge is 0.410 e. The van der Waals surface area contributed by atoms with Crippen LogP contribution in [0, 0.1) is 5.82 Å². The molecule has 0 fully saturated rings. The third-order valence-electron chi connectivity index (χ3n) is 3.66. The highest BCUT2D eigenvalue weighted by molar-refractivity contribution is 6.30. The number of carbonyl (C=O) groups excluding carboxylic acids is 1. The van der Waals surface area contributed by atoms with Gasteiger partial charge in [-0.05, 0) is 39.0 Å². The molecule has 0 aliphatic carbocycles. The Balaban J connectivity index is 1.79. The number of hydrogen-bond acceptors (Lipinski definition) is 3. The zero-order valence-corrected chi connectivity index (χ0v) is 14.6. The zero-order valence-electron chi connectivity index (χ0n) is 13.8. The van der Waals surface area contributed by atoms with E-state index < -0.39 is 11.4 Å². The van der Waals surface area contributed by atoms with Gasteiger partial charge >= 0.3 is 6.09 Å². The molecule has 0 radical (unpaired) electrons. The van der Waals surface area contributed by atoms with E-state index in [2.05, 4.69) is 5.10 Å². The molecule has 0 bridgehead atoms. The minimum Gasteiger partial charge on any atom is -0.444 e. The van der Waals surface area contributed by atoms with Gasteiger partial charge in [0, 0.05) is 12.1 Å². The van der Waals surface area contributed by atoms with Gasteiger partial charge in [-0.3, -0.25) is 4.68 Å². The van der Waals surface area contributed by atoms with E-state index in [1.54, 1.807) is 11.0 Å². The van der Waals surface area contributed by atoms with Gasteiger partial charge in [-0.25, -0.2) is 9.18 Å². The predicted octanol–water partition coefficient (Wildman–Crippen LogP) is 4.09. The van der Waals surface area contributed by atoms with E-state index in [-0.39, 0.29) is 11.1 Å². The Kier molecular flexibility index (Phi) is 4.25. The number of ether oxygens (including phenoxy) is 1. The normalized spacial score (nSPS) is 14.5. The van der Waals surface area contributed by atoms with Crippen LogP contribution in [0.5, 0.6) is 0 Å². The number of nitrogens with zero attached hydrogens (tertiary/aromatic N) is 3. The van der Waals surface area contributed by atoms with Crippen molar-refractivity contribution in [3.05, 3.63) is 40.8 Å². The van der Waals surface area contributed by atoms with Gasteiger partial charge in [-0.15, -0.1) is 0 Å². The van der Waals surface area contributed by atoms with E-state index in [0.717, 1.165) is 5.69 Å². The van der Waals surface area contributed by atoms with Crippen LogP contribution in [0.15, 0.2) is 24.3 Å². The van der Waals surface area contributed by atoms with Crippen molar-refractivity contribution in [1.29, 1.82) is 0 Å². The lowest BCUT2D eigenvalue weighted by molar-refractivity contribution is 0.0194. The maximum absolute atomic E-state index is 13.6. The average molecular weight is 352 g/mol. The maximum Gasteiger partial charge on any atom is 0.410 e. The first-order chi connectivity index (χ1) is 11.2. The molecule has 0 N–H and O–H groups in total. The maximum atomic E-state index is 13.6. The van der Waals surface area contributed by atoms with E-state index in [9.17, 15) is 9.18 Å². The minimum atomic E-state index is -0.527. The summed E-state index contributed by atoms with van der Waals surface area (Å²) in [5.41, 5.74) is 1.67. The van der Waals surface area contributed by atoms with Crippen LogP contribution >= 0.6 is 11.6 Å². The summed E-state index contributed by atoms with van der Waals surface area (Å²) in [6.07, 6.45) is -0.339. The molecule has 128 valence electrons. The molecule has 0 spiro atoms. The number of benzene rings is 1. The second-order valence-corrected chi connectivity index (χ2v) is 7.18. The Bertz CT molecular complexity index is 783. The molecule has 2 aromatic rings. The van der Waals surface area contributed by atoms with E-state index in [1.807, 2.05) is 31.5 Å². The molecule has 3 rings (SSSR count). The third-order valence-corrected chi connectivity index (χ3v) is 3.97. The Morgan fingerprint density at radius 1 is 1.29 bits per heavy atom. The summed E-state index contributed by atoms with van der Waals surface area (Å²) >= 11 is 5.72. The topological polar surface area (TPSA) is 47.4 Å². The van der Waals surface area contributed by atoms with Crippen LogP contribution in [-0.2, 0) is 17.8 Å². The number of aromatic nitrogens is 2. The van der Waals surface area contributed by atoms with Gasteiger partial charge < -0.3 is 9.64 Å². The summed E-state index contributed by atoms with van der Waals surface area (Å²) in [6.45, 7) is 7.03. The quantitative estimate of drug-likeness (QED) is 0.777. The number of halogens is 2. The Morgan fingerprint density at radius 2 is 2.04 bits per heavy atom. The van der Waals surface area contributed by atoms with Gasteiger partial charge in [0.25, 0.3) is 0 Å². The molecule has 24 heavy (non-hydrogen) atoms. The first-order valence-electron chi connectivity index (χ1n) is 7.73. The molecule has 1 amide bonds. The van der Waals surface area contributed by atoms with Crippen LogP contribution in [0.3, 0.4) is 0 Å². The minimum absolute atomic E-state index is 0.0822. The van der Waals surface area contributed by atoms with Crippen molar-refractivity contribution in [1.82, 2.24) is 14.7 Å². The highest BCUT2D eigenvalue weighted by Gasteiger charge is 2.26. The summed E-state index contributed by atoms with van der Waals surface area (Å²) in [6, 6.07) is 6.46. The van der Waals surface area contributed by atoms with E-state index >= 15 is 0 Å². The molecule has 0 unspecified atom stereocenters. The summed E-state index contributed by atoms with van der Waals surface area (Å²) < 4.78 is 20.9. The van der Waals surface area contributed by atoms with E-state index in [4.69, 9.17) is 16.3 Å². The first-order valence-corrected chi connectivity index (χ1v) is 8.11. The molecule has 1 aromatic heterocycles. The first kappa shape index (κ1) is 16.8. The number of hydrogen-bond donors (Lipinski definition) is 0. The molecule has 5 nitrogen and oxygen atoms in total. The van der Waals surface area contributed by atoms with Gasteiger partial charge in [0.15, 0.2) is 0 Å². The molecule has 0 atom stereocenters. The van der Waals surface area contributed by atoms with Gasteiger partial charge in [-0.2, -0.15) is 5.10 Å². The lowest BCUT2D eigenvalue weighted by Gasteiger charge is -2.30. The molecule has 0 saturated carbocycles. The Hall–Kier alpha value is -2.08. The second kappa shape index (κ2) is 6.09. The molecule has 1 aliphatic rings. The molecular weight excluding hydrogens is 333 g/mol. The molecule has 0 saturated heterocycles. The Morgan fingerprint density at radius 3 is 2.71 bits per heavy atom. The van der Waals surface area contributed by atoms with Crippen molar-refractivity contribution < 1.29 is 13.9 Å². The largest absolute Gasteiger partial charge is 0.444 e. The van der Waals surface area contributed by atoms with Gasteiger partial charge in [0.2, 0.25) is 0 Å². The Labute approximate surface area is 145 Å². The van der Waals surface area contributed by atoms with Crippen LogP contribution in [0.1, 0.15) is 26.5 Å². The number of rotatable bonds is 1. The summed E-state index contributed by atoms with van der Waals surface area (Å²) in [5.74, 6) is -0.476. The predicted molar refractivity (Wildman–Crippen MR) is 89.3 cm³/mol. The van der Waals surface area contributed by atoms with Crippen LogP contribution in [0.2, 0.25) is 5.02 Å². The van der Waals surface area contributed by atoms with Crippen LogP contribution in [0.4, 0.5) is 9.18 Å². The highest BCUT2D eigenvalue weighted by Crippen LogP contribution is 2.26. The fourth-order valence-electron chi connectivity index (χ4n) is 2.55. The zero-order chi connectivity index (χ0) is 17.5. The molecule has 1 aromatic carbocycles. The monoisotopic (exact) mass is 351 g/mol. The van der Waals surface area contributed by atoms with Crippen molar-refractivity contribution in [2.24, 2.45) is 0 Å². The number of carbonyl (C=O) groups is 1. The number of amides is 1. The molecular formula is C17H19ClFN3O2. The summed E-state index contributed by atoms with van der Waals surface area (Å²) in [5, 5.41) is 4.57. The van der Waals surface area contributed by atoms with Gasteiger partial charge in [-0.1, -0.05) is 17.7 Å². The fraction of sp³-hybridized carbons (Fsp3) is 0.412. The summed E-state index contributed by atoms with van der Waals surface area (Å²) in [4.78, 5) is 13.8. The highest BCUT2D eigenvalue weighted by atomic mass is 35.5. The van der Waals surface area contributed by atoms with E-state index in [1.165, 1.54) is 12.1 Å².